The minimum atomic E-state index is -0.145. The molecule has 2 aliphatic rings. The SMILES string of the molecule is CC1(C(=O)N2CCc3ccc(O)cc3C2)CCCC1. The van der Waals surface area contributed by atoms with Gasteiger partial charge in [0.15, 0.2) is 0 Å². The van der Waals surface area contributed by atoms with Gasteiger partial charge in [-0.25, -0.2) is 0 Å². The lowest BCUT2D eigenvalue weighted by Gasteiger charge is -2.35. The lowest BCUT2D eigenvalue weighted by atomic mass is 9.86. The number of hydrogen-bond donors (Lipinski definition) is 1. The van der Waals surface area contributed by atoms with Crippen molar-refractivity contribution in [2.24, 2.45) is 5.41 Å². The topological polar surface area (TPSA) is 40.5 Å². The van der Waals surface area contributed by atoms with Gasteiger partial charge in [0, 0.05) is 18.5 Å². The fourth-order valence-electron chi connectivity index (χ4n) is 3.47. The molecular weight excluding hydrogens is 238 g/mol. The Morgan fingerprint density at radius 2 is 2.00 bits per heavy atom. The zero-order chi connectivity index (χ0) is 13.5. The molecule has 1 heterocycles. The molecule has 1 N–H and O–H groups in total. The number of amides is 1. The van der Waals surface area contributed by atoms with Crippen LogP contribution in [-0.2, 0) is 17.8 Å². The molecule has 0 spiro atoms. The minimum absolute atomic E-state index is 0.145. The summed E-state index contributed by atoms with van der Waals surface area (Å²) in [6.45, 7) is 3.57. The fourth-order valence-corrected chi connectivity index (χ4v) is 3.47. The number of benzene rings is 1. The summed E-state index contributed by atoms with van der Waals surface area (Å²) in [4.78, 5) is 14.7. The summed E-state index contributed by atoms with van der Waals surface area (Å²) >= 11 is 0. The maximum Gasteiger partial charge on any atom is 0.228 e. The van der Waals surface area contributed by atoms with Crippen LogP contribution in [0.1, 0.15) is 43.7 Å². The highest BCUT2D eigenvalue weighted by Gasteiger charge is 2.39. The van der Waals surface area contributed by atoms with Crippen LogP contribution in [0.2, 0.25) is 0 Å². The first kappa shape index (κ1) is 12.5. The highest BCUT2D eigenvalue weighted by atomic mass is 16.3. The molecule has 3 heteroatoms. The number of nitrogens with zero attached hydrogens (tertiary/aromatic N) is 1. The largest absolute Gasteiger partial charge is 0.508 e. The van der Waals surface area contributed by atoms with Gasteiger partial charge in [-0.2, -0.15) is 0 Å². The van der Waals surface area contributed by atoms with Gasteiger partial charge in [-0.3, -0.25) is 4.79 Å². The van der Waals surface area contributed by atoms with Crippen LogP contribution in [0, 0.1) is 5.41 Å². The average Bonchev–Trinajstić information content (AvgIpc) is 2.85. The molecule has 1 fully saturated rings. The molecule has 0 unspecified atom stereocenters. The first-order chi connectivity index (χ1) is 9.08. The third-order valence-electron chi connectivity index (χ3n) is 4.71. The zero-order valence-corrected chi connectivity index (χ0v) is 11.5. The number of fused-ring (bicyclic) bond motifs is 1. The Labute approximate surface area is 114 Å². The minimum Gasteiger partial charge on any atom is -0.508 e. The van der Waals surface area contributed by atoms with Gasteiger partial charge in [-0.1, -0.05) is 25.8 Å². The van der Waals surface area contributed by atoms with Crippen molar-refractivity contribution in [1.82, 2.24) is 4.90 Å². The Morgan fingerprint density at radius 3 is 2.74 bits per heavy atom. The summed E-state index contributed by atoms with van der Waals surface area (Å²) < 4.78 is 0. The molecule has 0 aromatic heterocycles. The van der Waals surface area contributed by atoms with E-state index in [0.29, 0.717) is 18.2 Å². The van der Waals surface area contributed by atoms with Gasteiger partial charge in [-0.15, -0.1) is 0 Å². The summed E-state index contributed by atoms with van der Waals surface area (Å²) in [5, 5.41) is 9.57. The zero-order valence-electron chi connectivity index (χ0n) is 11.5. The van der Waals surface area contributed by atoms with E-state index in [9.17, 15) is 9.90 Å². The van der Waals surface area contributed by atoms with Crippen molar-refractivity contribution in [1.29, 1.82) is 0 Å². The number of hydrogen-bond acceptors (Lipinski definition) is 2. The van der Waals surface area contributed by atoms with Gasteiger partial charge in [0.05, 0.1) is 0 Å². The van der Waals surface area contributed by atoms with Gasteiger partial charge in [0.2, 0.25) is 5.91 Å². The molecule has 1 aromatic carbocycles. The van der Waals surface area contributed by atoms with Gasteiger partial charge in [0.1, 0.15) is 5.75 Å². The molecule has 0 bridgehead atoms. The summed E-state index contributed by atoms with van der Waals surface area (Å²) in [6, 6.07) is 5.50. The number of rotatable bonds is 1. The number of phenols is 1. The summed E-state index contributed by atoms with van der Waals surface area (Å²) in [7, 11) is 0. The summed E-state index contributed by atoms with van der Waals surface area (Å²) in [5.74, 6) is 0.596. The molecule has 1 amide bonds. The molecule has 0 saturated heterocycles. The van der Waals surface area contributed by atoms with Crippen molar-refractivity contribution in [3.05, 3.63) is 29.3 Å². The Hall–Kier alpha value is -1.51. The van der Waals surface area contributed by atoms with Crippen LogP contribution in [0.25, 0.3) is 0 Å². The molecule has 0 radical (unpaired) electrons. The van der Waals surface area contributed by atoms with Crippen LogP contribution < -0.4 is 0 Å². The third kappa shape index (κ3) is 2.22. The second-order valence-corrected chi connectivity index (χ2v) is 6.20. The first-order valence-electron chi connectivity index (χ1n) is 7.19. The van der Waals surface area contributed by atoms with Crippen LogP contribution >= 0.6 is 0 Å². The quantitative estimate of drug-likeness (QED) is 0.842. The van der Waals surface area contributed by atoms with Crippen LogP contribution in [0.4, 0.5) is 0 Å². The van der Waals surface area contributed by atoms with Crippen molar-refractivity contribution in [3.8, 4) is 5.75 Å². The molecule has 0 atom stereocenters. The molecule has 1 saturated carbocycles. The number of phenolic OH excluding ortho intramolecular Hbond substituents is 1. The second-order valence-electron chi connectivity index (χ2n) is 6.20. The van der Waals surface area contributed by atoms with E-state index < -0.39 is 0 Å². The molecule has 1 aromatic rings. The van der Waals surface area contributed by atoms with Gasteiger partial charge >= 0.3 is 0 Å². The van der Waals surface area contributed by atoms with Crippen LogP contribution in [0.5, 0.6) is 5.75 Å². The molecular formula is C16H21NO2. The molecule has 1 aliphatic heterocycles. The number of carbonyl (C=O) groups is 1. The number of carbonyl (C=O) groups excluding carboxylic acids is 1. The summed E-state index contributed by atoms with van der Waals surface area (Å²) in [5.41, 5.74) is 2.22. The van der Waals surface area contributed by atoms with E-state index in [1.165, 1.54) is 18.4 Å². The first-order valence-corrected chi connectivity index (χ1v) is 7.19. The maximum absolute atomic E-state index is 12.7. The Bertz CT molecular complexity index is 503. The highest BCUT2D eigenvalue weighted by molar-refractivity contribution is 5.83. The molecule has 3 nitrogen and oxygen atoms in total. The average molecular weight is 259 g/mol. The van der Waals surface area contributed by atoms with Gasteiger partial charge in [-0.05, 0) is 42.5 Å². The molecule has 3 rings (SSSR count). The highest BCUT2D eigenvalue weighted by Crippen LogP contribution is 2.40. The molecule has 102 valence electrons. The molecule has 19 heavy (non-hydrogen) atoms. The van der Waals surface area contributed by atoms with E-state index in [-0.39, 0.29) is 5.41 Å². The predicted octanol–water partition coefficient (Wildman–Crippen LogP) is 2.86. The standard InChI is InChI=1S/C16H21NO2/c1-16(7-2-3-8-16)15(19)17-9-6-12-4-5-14(18)10-13(12)11-17/h4-5,10,18H,2-3,6-9,11H2,1H3. The smallest absolute Gasteiger partial charge is 0.228 e. The van der Waals surface area contributed by atoms with E-state index >= 15 is 0 Å². The van der Waals surface area contributed by atoms with E-state index in [4.69, 9.17) is 0 Å². The van der Waals surface area contributed by atoms with Crippen molar-refractivity contribution in [2.75, 3.05) is 6.54 Å². The molecule has 1 aliphatic carbocycles. The third-order valence-corrected chi connectivity index (χ3v) is 4.71. The predicted molar refractivity (Wildman–Crippen MR) is 73.8 cm³/mol. The van der Waals surface area contributed by atoms with E-state index in [0.717, 1.165) is 31.4 Å². The Morgan fingerprint density at radius 1 is 1.26 bits per heavy atom. The second kappa shape index (κ2) is 4.55. The van der Waals surface area contributed by atoms with Crippen LogP contribution in [-0.4, -0.2) is 22.5 Å². The number of aromatic hydroxyl groups is 1. The van der Waals surface area contributed by atoms with E-state index in [1.54, 1.807) is 12.1 Å². The lowest BCUT2D eigenvalue weighted by Crippen LogP contribution is -2.43. The van der Waals surface area contributed by atoms with Crippen LogP contribution in [0.3, 0.4) is 0 Å². The lowest BCUT2D eigenvalue weighted by molar-refractivity contribution is -0.142. The monoisotopic (exact) mass is 259 g/mol. The normalized spacial score (nSPS) is 21.2. The van der Waals surface area contributed by atoms with Crippen molar-refractivity contribution < 1.29 is 9.90 Å². The van der Waals surface area contributed by atoms with Crippen molar-refractivity contribution in [3.63, 3.8) is 0 Å². The van der Waals surface area contributed by atoms with Crippen molar-refractivity contribution in [2.45, 2.75) is 45.6 Å². The van der Waals surface area contributed by atoms with Gasteiger partial charge in [0.25, 0.3) is 0 Å². The van der Waals surface area contributed by atoms with Gasteiger partial charge < -0.3 is 10.0 Å². The van der Waals surface area contributed by atoms with E-state index in [2.05, 4.69) is 6.92 Å². The maximum atomic E-state index is 12.7. The van der Waals surface area contributed by atoms with Crippen LogP contribution in [0.15, 0.2) is 18.2 Å². The summed E-state index contributed by atoms with van der Waals surface area (Å²) in [6.07, 6.45) is 5.29. The Balaban J connectivity index is 1.80. The fraction of sp³-hybridized carbons (Fsp3) is 0.562. The Kier molecular flexibility index (Phi) is 3.00. The van der Waals surface area contributed by atoms with E-state index in [1.807, 2.05) is 11.0 Å². The van der Waals surface area contributed by atoms with Crippen molar-refractivity contribution >= 4 is 5.91 Å².